The number of amides is 3. The maximum atomic E-state index is 12.3. The van der Waals surface area contributed by atoms with Crippen molar-refractivity contribution in [2.45, 2.75) is 64.5 Å². The van der Waals surface area contributed by atoms with E-state index in [4.69, 9.17) is 4.74 Å². The van der Waals surface area contributed by atoms with E-state index in [-0.39, 0.29) is 30.6 Å². The van der Waals surface area contributed by atoms with E-state index in [0.717, 1.165) is 25.7 Å². The van der Waals surface area contributed by atoms with Crippen LogP contribution in [0, 0.1) is 11.8 Å². The van der Waals surface area contributed by atoms with Crippen molar-refractivity contribution in [1.29, 1.82) is 0 Å². The maximum Gasteiger partial charge on any atom is 0.322 e. The van der Waals surface area contributed by atoms with Gasteiger partial charge >= 0.3 is 6.03 Å². The predicted molar refractivity (Wildman–Crippen MR) is 76.2 cm³/mol. The van der Waals surface area contributed by atoms with Gasteiger partial charge in [0, 0.05) is 0 Å². The second kappa shape index (κ2) is 6.12. The Labute approximate surface area is 120 Å². The average Bonchev–Trinajstić information content (AvgIpc) is 2.72. The van der Waals surface area contributed by atoms with Crippen LogP contribution in [0.15, 0.2) is 0 Å². The molecule has 5 nitrogen and oxygen atoms in total. The van der Waals surface area contributed by atoms with E-state index >= 15 is 0 Å². The molecule has 3 amide bonds. The first kappa shape index (κ1) is 15.3. The Morgan fingerprint density at radius 1 is 1.20 bits per heavy atom. The molecule has 114 valence electrons. The van der Waals surface area contributed by atoms with E-state index in [1.54, 1.807) is 0 Å². The quantitative estimate of drug-likeness (QED) is 0.760. The van der Waals surface area contributed by atoms with Crippen LogP contribution >= 0.6 is 0 Å². The third-order valence-corrected chi connectivity index (χ3v) is 4.78. The molecule has 2 atom stereocenters. The van der Waals surface area contributed by atoms with Gasteiger partial charge in [0.05, 0.1) is 12.7 Å². The lowest BCUT2D eigenvalue weighted by atomic mass is 9.75. The Bertz CT molecular complexity index is 377. The minimum atomic E-state index is -0.860. The van der Waals surface area contributed by atoms with E-state index in [0.29, 0.717) is 5.92 Å². The minimum Gasteiger partial charge on any atom is -0.375 e. The zero-order valence-electron chi connectivity index (χ0n) is 12.7. The van der Waals surface area contributed by atoms with Gasteiger partial charge in [-0.25, -0.2) is 4.79 Å². The molecule has 0 aromatic carbocycles. The number of imide groups is 1. The highest BCUT2D eigenvalue weighted by atomic mass is 16.5. The highest BCUT2D eigenvalue weighted by molar-refractivity contribution is 6.07. The fourth-order valence-electron chi connectivity index (χ4n) is 3.06. The van der Waals surface area contributed by atoms with Crippen molar-refractivity contribution in [2.24, 2.45) is 11.8 Å². The van der Waals surface area contributed by atoms with Gasteiger partial charge in [0.2, 0.25) is 0 Å². The fraction of sp³-hybridized carbons (Fsp3) is 0.867. The second-order valence-corrected chi connectivity index (χ2v) is 6.47. The molecule has 2 fully saturated rings. The predicted octanol–water partition coefficient (Wildman–Crippen LogP) is 2.21. The van der Waals surface area contributed by atoms with Crippen molar-refractivity contribution in [3.05, 3.63) is 0 Å². The first-order chi connectivity index (χ1) is 9.45. The first-order valence-electron chi connectivity index (χ1n) is 7.71. The van der Waals surface area contributed by atoms with Crippen LogP contribution in [0.25, 0.3) is 0 Å². The van der Waals surface area contributed by atoms with Gasteiger partial charge < -0.3 is 10.1 Å². The summed E-state index contributed by atoms with van der Waals surface area (Å²) in [5.41, 5.74) is -0.860. The largest absolute Gasteiger partial charge is 0.375 e. The summed E-state index contributed by atoms with van der Waals surface area (Å²) in [7, 11) is 0. The Kier molecular flexibility index (Phi) is 4.68. The zero-order chi connectivity index (χ0) is 14.8. The number of urea groups is 1. The molecule has 0 aromatic rings. The van der Waals surface area contributed by atoms with Gasteiger partial charge in [-0.3, -0.25) is 10.1 Å². The standard InChI is InChI=1S/C15H26N2O3/c1-10(2)11(3)20-9-15(12-7-5-4-6-8-12)13(18)16-14(19)17-15/h10-12H,4-9H2,1-3H3,(H2,16,17,18,19). The normalized spacial score (nSPS) is 29.4. The van der Waals surface area contributed by atoms with Gasteiger partial charge in [0.25, 0.3) is 5.91 Å². The van der Waals surface area contributed by atoms with Crippen LogP contribution in [0.3, 0.4) is 0 Å². The monoisotopic (exact) mass is 282 g/mol. The van der Waals surface area contributed by atoms with Crippen molar-refractivity contribution in [2.75, 3.05) is 6.61 Å². The lowest BCUT2D eigenvalue weighted by Crippen LogP contribution is -2.57. The number of rotatable bonds is 5. The summed E-state index contributed by atoms with van der Waals surface area (Å²) in [4.78, 5) is 23.9. The SMILES string of the molecule is CC(C)C(C)OCC1(C2CCCCC2)NC(=O)NC1=O. The maximum absolute atomic E-state index is 12.3. The Balaban J connectivity index is 2.12. The summed E-state index contributed by atoms with van der Waals surface area (Å²) < 4.78 is 5.89. The van der Waals surface area contributed by atoms with Gasteiger partial charge in [-0.05, 0) is 31.6 Å². The van der Waals surface area contributed by atoms with Crippen molar-refractivity contribution in [3.63, 3.8) is 0 Å². The van der Waals surface area contributed by atoms with E-state index in [1.165, 1.54) is 6.42 Å². The fourth-order valence-corrected chi connectivity index (χ4v) is 3.06. The molecule has 5 heteroatoms. The van der Waals surface area contributed by atoms with Crippen molar-refractivity contribution >= 4 is 11.9 Å². The van der Waals surface area contributed by atoms with E-state index in [2.05, 4.69) is 24.5 Å². The highest BCUT2D eigenvalue weighted by Gasteiger charge is 2.52. The minimum absolute atomic E-state index is 0.0702. The topological polar surface area (TPSA) is 67.4 Å². The van der Waals surface area contributed by atoms with Gasteiger partial charge in [0.1, 0.15) is 5.54 Å². The van der Waals surface area contributed by atoms with Crippen LogP contribution in [0.1, 0.15) is 52.9 Å². The zero-order valence-corrected chi connectivity index (χ0v) is 12.7. The number of ether oxygens (including phenoxy) is 1. The summed E-state index contributed by atoms with van der Waals surface area (Å²) in [6.07, 6.45) is 5.48. The molecule has 0 bridgehead atoms. The van der Waals surface area contributed by atoms with Gasteiger partial charge in [0.15, 0.2) is 0 Å². The first-order valence-corrected chi connectivity index (χ1v) is 7.71. The molecule has 1 aliphatic heterocycles. The van der Waals surface area contributed by atoms with Crippen molar-refractivity contribution in [3.8, 4) is 0 Å². The van der Waals surface area contributed by atoms with Gasteiger partial charge in [-0.2, -0.15) is 0 Å². The molecule has 0 aromatic heterocycles. The molecule has 1 heterocycles. The molecule has 2 N–H and O–H groups in total. The summed E-state index contributed by atoms with van der Waals surface area (Å²) in [6.45, 7) is 6.46. The number of hydrogen-bond acceptors (Lipinski definition) is 3. The van der Waals surface area contributed by atoms with Crippen LogP contribution < -0.4 is 10.6 Å². The summed E-state index contributed by atoms with van der Waals surface area (Å²) in [5.74, 6) is 0.353. The van der Waals surface area contributed by atoms with Crippen molar-refractivity contribution < 1.29 is 14.3 Å². The molecule has 1 saturated heterocycles. The van der Waals surface area contributed by atoms with Crippen LogP contribution in [-0.2, 0) is 9.53 Å². The number of carbonyl (C=O) groups is 2. The van der Waals surface area contributed by atoms with Gasteiger partial charge in [-0.1, -0.05) is 33.1 Å². The molecule has 1 aliphatic carbocycles. The molecule has 0 radical (unpaired) electrons. The summed E-state index contributed by atoms with van der Waals surface area (Å²) in [5, 5.41) is 5.25. The summed E-state index contributed by atoms with van der Waals surface area (Å²) >= 11 is 0. The van der Waals surface area contributed by atoms with Gasteiger partial charge in [-0.15, -0.1) is 0 Å². The molecule has 0 spiro atoms. The average molecular weight is 282 g/mol. The van der Waals surface area contributed by atoms with Crippen LogP contribution in [0.4, 0.5) is 4.79 Å². The number of hydrogen-bond donors (Lipinski definition) is 2. The molecular formula is C15H26N2O3. The van der Waals surface area contributed by atoms with E-state index in [9.17, 15) is 9.59 Å². The second-order valence-electron chi connectivity index (χ2n) is 6.47. The van der Waals surface area contributed by atoms with Crippen LogP contribution in [0.5, 0.6) is 0 Å². The molecule has 2 rings (SSSR count). The summed E-state index contributed by atoms with van der Waals surface area (Å²) in [6, 6.07) is -0.388. The van der Waals surface area contributed by atoms with E-state index < -0.39 is 5.54 Å². The smallest absolute Gasteiger partial charge is 0.322 e. The third kappa shape index (κ3) is 2.97. The molecular weight excluding hydrogens is 256 g/mol. The van der Waals surface area contributed by atoms with E-state index in [1.807, 2.05) is 6.92 Å². The molecule has 2 unspecified atom stereocenters. The Morgan fingerprint density at radius 2 is 1.85 bits per heavy atom. The van der Waals surface area contributed by atoms with Crippen LogP contribution in [0.2, 0.25) is 0 Å². The number of carbonyl (C=O) groups excluding carboxylic acids is 2. The molecule has 1 saturated carbocycles. The Hall–Kier alpha value is -1.10. The number of nitrogens with one attached hydrogen (secondary N) is 2. The lowest BCUT2D eigenvalue weighted by Gasteiger charge is -2.37. The van der Waals surface area contributed by atoms with Crippen molar-refractivity contribution in [1.82, 2.24) is 10.6 Å². The molecule has 20 heavy (non-hydrogen) atoms. The lowest BCUT2D eigenvalue weighted by molar-refractivity contribution is -0.131. The Morgan fingerprint density at radius 3 is 2.35 bits per heavy atom. The third-order valence-electron chi connectivity index (χ3n) is 4.78. The van der Waals surface area contributed by atoms with Crippen LogP contribution in [-0.4, -0.2) is 30.2 Å². The molecule has 2 aliphatic rings. The highest BCUT2D eigenvalue weighted by Crippen LogP contribution is 2.35.